The van der Waals surface area contributed by atoms with Gasteiger partial charge in [0.05, 0.1) is 5.60 Å². The number of methoxy groups -OCH3 is 1. The Hall–Kier alpha value is -0.900. The van der Waals surface area contributed by atoms with E-state index in [9.17, 15) is 0 Å². The van der Waals surface area contributed by atoms with Crippen LogP contribution >= 0.6 is 0 Å². The molecule has 1 heterocycles. The molecule has 0 spiro atoms. The number of aryl methyl sites for hydroxylation is 1. The highest BCUT2D eigenvalue weighted by Gasteiger charge is 2.19. The molecule has 0 unspecified atom stereocenters. The number of hydrogen-bond acceptors (Lipinski definition) is 3. The van der Waals surface area contributed by atoms with E-state index in [1.807, 2.05) is 25.5 Å². The Morgan fingerprint density at radius 1 is 1.58 bits per heavy atom. The Kier molecular flexibility index (Phi) is 2.47. The van der Waals surface area contributed by atoms with Crippen LogP contribution in [-0.2, 0) is 18.2 Å². The lowest BCUT2D eigenvalue weighted by Crippen LogP contribution is -2.27. The molecule has 0 fully saturated rings. The van der Waals surface area contributed by atoms with Crippen LogP contribution in [0.4, 0.5) is 0 Å². The van der Waals surface area contributed by atoms with E-state index < -0.39 is 0 Å². The molecule has 0 radical (unpaired) electrons. The van der Waals surface area contributed by atoms with E-state index in [1.165, 1.54) is 0 Å². The third kappa shape index (κ3) is 2.04. The molecule has 4 heteroatoms. The zero-order chi connectivity index (χ0) is 9.19. The minimum atomic E-state index is -0.166. The second kappa shape index (κ2) is 3.23. The standard InChI is InChI=1S/C8H15N3O/c1-8(2,12-4)5-7-10-9-6-11(7)3/h6H,5H2,1-4H3. The van der Waals surface area contributed by atoms with Crippen molar-refractivity contribution in [3.05, 3.63) is 12.2 Å². The molecule has 0 aromatic carbocycles. The summed E-state index contributed by atoms with van der Waals surface area (Å²) in [6.07, 6.45) is 2.47. The smallest absolute Gasteiger partial charge is 0.135 e. The molecule has 68 valence electrons. The number of aromatic nitrogens is 3. The van der Waals surface area contributed by atoms with Crippen molar-refractivity contribution in [2.75, 3.05) is 7.11 Å². The van der Waals surface area contributed by atoms with Crippen molar-refractivity contribution < 1.29 is 4.74 Å². The lowest BCUT2D eigenvalue weighted by Gasteiger charge is -2.21. The lowest BCUT2D eigenvalue weighted by atomic mass is 10.1. The highest BCUT2D eigenvalue weighted by atomic mass is 16.5. The van der Waals surface area contributed by atoms with Gasteiger partial charge in [-0.3, -0.25) is 0 Å². The Morgan fingerprint density at radius 2 is 2.25 bits per heavy atom. The first-order chi connectivity index (χ1) is 5.55. The summed E-state index contributed by atoms with van der Waals surface area (Å²) in [4.78, 5) is 0. The Labute approximate surface area is 72.6 Å². The van der Waals surface area contributed by atoms with Crippen LogP contribution in [-0.4, -0.2) is 27.5 Å². The molecular weight excluding hydrogens is 154 g/mol. The molecule has 1 rings (SSSR count). The second-order valence-electron chi connectivity index (χ2n) is 3.50. The van der Waals surface area contributed by atoms with Crippen LogP contribution in [0.2, 0.25) is 0 Å². The third-order valence-corrected chi connectivity index (χ3v) is 1.94. The van der Waals surface area contributed by atoms with Crippen molar-refractivity contribution in [3.63, 3.8) is 0 Å². The minimum Gasteiger partial charge on any atom is -0.378 e. The molecule has 0 atom stereocenters. The summed E-state index contributed by atoms with van der Waals surface area (Å²) in [5.74, 6) is 0.946. The van der Waals surface area contributed by atoms with Gasteiger partial charge in [-0.1, -0.05) is 0 Å². The highest BCUT2D eigenvalue weighted by molar-refractivity contribution is 4.91. The van der Waals surface area contributed by atoms with E-state index in [1.54, 1.807) is 13.4 Å². The quantitative estimate of drug-likeness (QED) is 0.671. The maximum atomic E-state index is 5.28. The lowest BCUT2D eigenvalue weighted by molar-refractivity contribution is 0.0210. The summed E-state index contributed by atoms with van der Waals surface area (Å²) >= 11 is 0. The average Bonchev–Trinajstić information content (AvgIpc) is 2.36. The Morgan fingerprint density at radius 3 is 2.67 bits per heavy atom. The Balaban J connectivity index is 2.70. The van der Waals surface area contributed by atoms with Crippen molar-refractivity contribution in [2.24, 2.45) is 7.05 Å². The van der Waals surface area contributed by atoms with Gasteiger partial charge in [-0.2, -0.15) is 0 Å². The molecule has 0 bridgehead atoms. The molecule has 0 aliphatic carbocycles. The van der Waals surface area contributed by atoms with Crippen LogP contribution in [0.25, 0.3) is 0 Å². The summed E-state index contributed by atoms with van der Waals surface area (Å²) in [6.45, 7) is 4.06. The van der Waals surface area contributed by atoms with E-state index in [-0.39, 0.29) is 5.60 Å². The van der Waals surface area contributed by atoms with Crippen LogP contribution in [0.5, 0.6) is 0 Å². The fourth-order valence-corrected chi connectivity index (χ4v) is 0.920. The SMILES string of the molecule is COC(C)(C)Cc1nncn1C. The molecule has 0 N–H and O–H groups in total. The summed E-state index contributed by atoms with van der Waals surface area (Å²) in [5, 5.41) is 7.78. The fraction of sp³-hybridized carbons (Fsp3) is 0.750. The predicted octanol–water partition coefficient (Wildman–Crippen LogP) is 0.783. The van der Waals surface area contributed by atoms with Crippen molar-refractivity contribution in [1.29, 1.82) is 0 Å². The maximum Gasteiger partial charge on any atom is 0.135 e. The van der Waals surface area contributed by atoms with Crippen molar-refractivity contribution in [2.45, 2.75) is 25.9 Å². The van der Waals surface area contributed by atoms with Gasteiger partial charge in [-0.25, -0.2) is 0 Å². The third-order valence-electron chi connectivity index (χ3n) is 1.94. The van der Waals surface area contributed by atoms with Crippen molar-refractivity contribution >= 4 is 0 Å². The van der Waals surface area contributed by atoms with Gasteiger partial charge in [0.25, 0.3) is 0 Å². The van der Waals surface area contributed by atoms with E-state index >= 15 is 0 Å². The normalized spacial score (nSPS) is 12.0. The summed E-state index contributed by atoms with van der Waals surface area (Å²) in [5.41, 5.74) is -0.166. The van der Waals surface area contributed by atoms with Gasteiger partial charge in [-0.05, 0) is 13.8 Å². The van der Waals surface area contributed by atoms with Gasteiger partial charge < -0.3 is 9.30 Å². The molecule has 0 aliphatic heterocycles. The topological polar surface area (TPSA) is 39.9 Å². The number of hydrogen-bond donors (Lipinski definition) is 0. The molecule has 1 aromatic heterocycles. The first-order valence-electron chi connectivity index (χ1n) is 3.93. The predicted molar refractivity (Wildman–Crippen MR) is 45.8 cm³/mol. The summed E-state index contributed by atoms with van der Waals surface area (Å²) < 4.78 is 7.19. The molecule has 0 amide bonds. The molecule has 0 saturated heterocycles. The fourth-order valence-electron chi connectivity index (χ4n) is 0.920. The van der Waals surface area contributed by atoms with Crippen LogP contribution in [0.15, 0.2) is 6.33 Å². The average molecular weight is 169 g/mol. The van der Waals surface area contributed by atoms with E-state index in [0.717, 1.165) is 12.2 Å². The van der Waals surface area contributed by atoms with Crippen molar-refractivity contribution in [1.82, 2.24) is 14.8 Å². The molecule has 1 aromatic rings. The van der Waals surface area contributed by atoms with Crippen LogP contribution in [0.3, 0.4) is 0 Å². The number of ether oxygens (including phenoxy) is 1. The molecule has 4 nitrogen and oxygen atoms in total. The molecular formula is C8H15N3O. The summed E-state index contributed by atoms with van der Waals surface area (Å²) in [7, 11) is 3.64. The minimum absolute atomic E-state index is 0.166. The number of nitrogens with zero attached hydrogens (tertiary/aromatic N) is 3. The van der Waals surface area contributed by atoms with E-state index in [4.69, 9.17) is 4.74 Å². The van der Waals surface area contributed by atoms with E-state index in [0.29, 0.717) is 0 Å². The Bertz CT molecular complexity index is 255. The second-order valence-corrected chi connectivity index (χ2v) is 3.50. The zero-order valence-corrected chi connectivity index (χ0v) is 8.03. The van der Waals surface area contributed by atoms with Crippen LogP contribution in [0.1, 0.15) is 19.7 Å². The van der Waals surface area contributed by atoms with Gasteiger partial charge in [0, 0.05) is 20.6 Å². The molecule has 0 saturated carbocycles. The van der Waals surface area contributed by atoms with Gasteiger partial charge in [0.1, 0.15) is 12.2 Å². The maximum absolute atomic E-state index is 5.28. The van der Waals surface area contributed by atoms with Gasteiger partial charge in [0.2, 0.25) is 0 Å². The van der Waals surface area contributed by atoms with Crippen molar-refractivity contribution in [3.8, 4) is 0 Å². The van der Waals surface area contributed by atoms with Gasteiger partial charge in [0.15, 0.2) is 0 Å². The summed E-state index contributed by atoms with van der Waals surface area (Å²) in [6, 6.07) is 0. The van der Waals surface area contributed by atoms with Crippen LogP contribution < -0.4 is 0 Å². The highest BCUT2D eigenvalue weighted by Crippen LogP contribution is 2.13. The number of rotatable bonds is 3. The zero-order valence-electron chi connectivity index (χ0n) is 8.03. The van der Waals surface area contributed by atoms with E-state index in [2.05, 4.69) is 10.2 Å². The first kappa shape index (κ1) is 9.19. The largest absolute Gasteiger partial charge is 0.378 e. The first-order valence-corrected chi connectivity index (χ1v) is 3.93. The van der Waals surface area contributed by atoms with Gasteiger partial charge in [-0.15, -0.1) is 10.2 Å². The molecule has 0 aliphatic rings. The van der Waals surface area contributed by atoms with Gasteiger partial charge >= 0.3 is 0 Å². The van der Waals surface area contributed by atoms with Crippen LogP contribution in [0, 0.1) is 0 Å². The molecule has 12 heavy (non-hydrogen) atoms. The monoisotopic (exact) mass is 169 g/mol.